The molecule has 4 heteroatoms. The van der Waals surface area contributed by atoms with E-state index in [2.05, 4.69) is 71.3 Å². The Labute approximate surface area is 206 Å². The molecule has 0 saturated heterocycles. The molecule has 3 aliphatic rings. The fourth-order valence-electron chi connectivity index (χ4n) is 7.61. The first-order chi connectivity index (χ1) is 15.4. The van der Waals surface area contributed by atoms with Gasteiger partial charge in [-0.3, -0.25) is 0 Å². The predicted molar refractivity (Wildman–Crippen MR) is 146 cm³/mol. The van der Waals surface area contributed by atoms with E-state index in [4.69, 9.17) is 8.85 Å². The van der Waals surface area contributed by atoms with Crippen molar-refractivity contribution in [1.29, 1.82) is 0 Å². The lowest BCUT2D eigenvalue weighted by Crippen LogP contribution is -2.47. The summed E-state index contributed by atoms with van der Waals surface area (Å²) in [6.45, 7) is 18.9. The Kier molecular flexibility index (Phi) is 7.31. The van der Waals surface area contributed by atoms with Gasteiger partial charge in [-0.1, -0.05) is 39.2 Å². The van der Waals surface area contributed by atoms with Crippen molar-refractivity contribution in [3.8, 4) is 5.75 Å². The first-order valence-corrected chi connectivity index (χ1v) is 20.7. The molecule has 2 fully saturated rings. The number of hydrogen-bond donors (Lipinski definition) is 0. The van der Waals surface area contributed by atoms with E-state index in [9.17, 15) is 0 Å². The van der Waals surface area contributed by atoms with Gasteiger partial charge in [0.05, 0.1) is 6.10 Å². The summed E-state index contributed by atoms with van der Waals surface area (Å²) in [7, 11) is -3.12. The molecule has 3 aliphatic carbocycles. The number of benzene rings is 1. The van der Waals surface area contributed by atoms with Gasteiger partial charge in [0, 0.05) is 0 Å². The molecule has 186 valence electrons. The maximum Gasteiger partial charge on any atom is 0.242 e. The van der Waals surface area contributed by atoms with Crippen molar-refractivity contribution in [2.24, 2.45) is 17.3 Å². The van der Waals surface area contributed by atoms with Gasteiger partial charge in [0.25, 0.3) is 0 Å². The highest BCUT2D eigenvalue weighted by molar-refractivity contribution is 6.70. The van der Waals surface area contributed by atoms with Crippen molar-refractivity contribution in [1.82, 2.24) is 0 Å². The average Bonchev–Trinajstić information content (AvgIpc) is 3.02. The first kappa shape index (κ1) is 25.5. The summed E-state index contributed by atoms with van der Waals surface area (Å²) in [5, 5.41) is 0. The highest BCUT2D eigenvalue weighted by Crippen LogP contribution is 2.63. The Bertz CT molecular complexity index is 824. The smallest absolute Gasteiger partial charge is 0.242 e. The molecule has 0 radical (unpaired) electrons. The molecular formula is C29H50O2Si2. The predicted octanol–water partition coefficient (Wildman–Crippen LogP) is 9.10. The van der Waals surface area contributed by atoms with Crippen molar-refractivity contribution in [2.75, 3.05) is 0 Å². The van der Waals surface area contributed by atoms with Crippen LogP contribution in [0.4, 0.5) is 0 Å². The molecule has 2 nitrogen and oxygen atoms in total. The van der Waals surface area contributed by atoms with Crippen molar-refractivity contribution >= 4 is 16.6 Å². The van der Waals surface area contributed by atoms with Gasteiger partial charge in [-0.25, -0.2) is 0 Å². The van der Waals surface area contributed by atoms with Crippen LogP contribution in [0.25, 0.3) is 0 Å². The molecule has 0 N–H and O–H groups in total. The summed E-state index contributed by atoms with van der Waals surface area (Å²) < 4.78 is 13.3. The Morgan fingerprint density at radius 1 is 0.939 bits per heavy atom. The standard InChI is InChI=1S/C29H50O2Si2/c1-9-10-11-12-21-19-26-24(23-14-13-22(20-25(21)23)30-32(3,4)5)17-18-29(2)27(26)15-16-28(29)31-33(6,7)8/h13-14,20-21,24,26-28H,9-12,15-19H2,1-8H3/t21-,24+,26+,27-,28-,29-/m0/s1. The van der Waals surface area contributed by atoms with Crippen LogP contribution in [-0.4, -0.2) is 22.7 Å². The van der Waals surface area contributed by atoms with Crippen LogP contribution in [0.2, 0.25) is 39.3 Å². The second-order valence-electron chi connectivity index (χ2n) is 13.7. The van der Waals surface area contributed by atoms with E-state index in [0.29, 0.717) is 17.4 Å². The van der Waals surface area contributed by atoms with Gasteiger partial charge in [-0.2, -0.15) is 0 Å². The van der Waals surface area contributed by atoms with Crippen LogP contribution in [0.5, 0.6) is 5.75 Å². The second kappa shape index (κ2) is 9.46. The van der Waals surface area contributed by atoms with Crippen LogP contribution in [0.15, 0.2) is 18.2 Å². The van der Waals surface area contributed by atoms with E-state index in [1.165, 1.54) is 57.8 Å². The summed E-state index contributed by atoms with van der Waals surface area (Å²) in [6, 6.07) is 7.23. The molecule has 4 rings (SSSR count). The summed E-state index contributed by atoms with van der Waals surface area (Å²) in [4.78, 5) is 0. The van der Waals surface area contributed by atoms with Crippen molar-refractivity contribution in [3.05, 3.63) is 29.3 Å². The number of fused-ring (bicyclic) bond motifs is 5. The van der Waals surface area contributed by atoms with Gasteiger partial charge in [0.1, 0.15) is 5.75 Å². The van der Waals surface area contributed by atoms with Crippen LogP contribution in [0.3, 0.4) is 0 Å². The molecule has 33 heavy (non-hydrogen) atoms. The topological polar surface area (TPSA) is 18.5 Å². The van der Waals surface area contributed by atoms with Crippen LogP contribution in [0.1, 0.15) is 94.6 Å². The lowest BCUT2D eigenvalue weighted by atomic mass is 9.53. The second-order valence-corrected chi connectivity index (χ2v) is 22.5. The summed E-state index contributed by atoms with van der Waals surface area (Å²) in [5.74, 6) is 4.24. The van der Waals surface area contributed by atoms with Crippen molar-refractivity contribution in [3.63, 3.8) is 0 Å². The monoisotopic (exact) mass is 486 g/mol. The summed E-state index contributed by atoms with van der Waals surface area (Å²) in [6.07, 6.45) is 12.6. The maximum atomic E-state index is 6.81. The van der Waals surface area contributed by atoms with E-state index in [0.717, 1.165) is 23.5 Å². The SMILES string of the molecule is CCCCC[C@H]1C[C@@H]2[C@H](CC[C@]3(C)[C@@H](O[Si](C)(C)C)CC[C@@H]23)c2ccc(O[Si](C)(C)C)cc21. The summed E-state index contributed by atoms with van der Waals surface area (Å²) in [5.41, 5.74) is 3.69. The fraction of sp³-hybridized carbons (Fsp3) is 0.793. The zero-order valence-corrected chi connectivity index (χ0v) is 24.8. The minimum absolute atomic E-state index is 0.383. The zero-order chi connectivity index (χ0) is 24.0. The van der Waals surface area contributed by atoms with Crippen molar-refractivity contribution in [2.45, 2.75) is 129 Å². The highest BCUT2D eigenvalue weighted by Gasteiger charge is 2.56. The Hall–Kier alpha value is -0.586. The maximum absolute atomic E-state index is 6.81. The molecule has 1 aromatic rings. The average molecular weight is 487 g/mol. The molecule has 1 aromatic carbocycles. The van der Waals surface area contributed by atoms with Gasteiger partial charge >= 0.3 is 0 Å². The van der Waals surface area contributed by atoms with Gasteiger partial charge in [0.2, 0.25) is 8.32 Å². The lowest BCUT2D eigenvalue weighted by molar-refractivity contribution is -0.0170. The molecule has 0 aromatic heterocycles. The molecule has 0 amide bonds. The lowest BCUT2D eigenvalue weighted by Gasteiger charge is -2.52. The van der Waals surface area contributed by atoms with E-state index >= 15 is 0 Å². The van der Waals surface area contributed by atoms with Crippen LogP contribution in [0, 0.1) is 17.3 Å². The van der Waals surface area contributed by atoms with Crippen molar-refractivity contribution < 1.29 is 8.85 Å². The Morgan fingerprint density at radius 2 is 1.70 bits per heavy atom. The van der Waals surface area contributed by atoms with E-state index in [1.807, 2.05) is 0 Å². The quantitative estimate of drug-likeness (QED) is 0.269. The van der Waals surface area contributed by atoms with Crippen LogP contribution < -0.4 is 4.43 Å². The minimum Gasteiger partial charge on any atom is -0.544 e. The van der Waals surface area contributed by atoms with Gasteiger partial charge in [-0.05, 0) is 130 Å². The number of hydrogen-bond acceptors (Lipinski definition) is 2. The third-order valence-corrected chi connectivity index (χ3v) is 10.7. The highest BCUT2D eigenvalue weighted by atomic mass is 28.4. The third-order valence-electron chi connectivity index (χ3n) is 8.88. The van der Waals surface area contributed by atoms with Gasteiger partial charge in [-0.15, -0.1) is 0 Å². The van der Waals surface area contributed by atoms with Crippen LogP contribution in [-0.2, 0) is 4.43 Å². The fourth-order valence-corrected chi connectivity index (χ4v) is 9.68. The Morgan fingerprint density at radius 3 is 2.36 bits per heavy atom. The molecule has 0 spiro atoms. The molecule has 0 heterocycles. The largest absolute Gasteiger partial charge is 0.544 e. The number of rotatable bonds is 8. The van der Waals surface area contributed by atoms with E-state index in [1.54, 1.807) is 11.1 Å². The normalized spacial score (nSPS) is 33.9. The third kappa shape index (κ3) is 5.48. The molecule has 6 atom stereocenters. The van der Waals surface area contributed by atoms with E-state index < -0.39 is 16.6 Å². The van der Waals surface area contributed by atoms with E-state index in [-0.39, 0.29) is 0 Å². The molecule has 0 unspecified atom stereocenters. The van der Waals surface area contributed by atoms with Crippen LogP contribution >= 0.6 is 0 Å². The molecule has 0 aliphatic heterocycles. The summed E-state index contributed by atoms with van der Waals surface area (Å²) >= 11 is 0. The Balaban J connectivity index is 1.63. The zero-order valence-electron chi connectivity index (χ0n) is 22.8. The molecule has 2 saturated carbocycles. The molecule has 0 bridgehead atoms. The van der Waals surface area contributed by atoms with Gasteiger partial charge < -0.3 is 8.85 Å². The molecular weight excluding hydrogens is 436 g/mol. The number of unbranched alkanes of at least 4 members (excludes halogenated alkanes) is 2. The first-order valence-electron chi connectivity index (χ1n) is 13.9. The van der Waals surface area contributed by atoms with Gasteiger partial charge in [0.15, 0.2) is 8.32 Å². The minimum atomic E-state index is -1.60.